The van der Waals surface area contributed by atoms with Crippen LogP contribution in [0.3, 0.4) is 0 Å². The summed E-state index contributed by atoms with van der Waals surface area (Å²) in [5.41, 5.74) is 1.79. The Morgan fingerprint density at radius 2 is 1.71 bits per heavy atom. The van der Waals surface area contributed by atoms with Crippen molar-refractivity contribution in [2.75, 3.05) is 13.7 Å². The maximum Gasteiger partial charge on any atom is 0.254 e. The summed E-state index contributed by atoms with van der Waals surface area (Å²) in [5, 5.41) is 0. The second-order valence-corrected chi connectivity index (χ2v) is 5.59. The van der Waals surface area contributed by atoms with Crippen LogP contribution < -0.4 is 4.74 Å². The van der Waals surface area contributed by atoms with E-state index in [-0.39, 0.29) is 5.91 Å². The second-order valence-electron chi connectivity index (χ2n) is 4.67. The van der Waals surface area contributed by atoms with Crippen molar-refractivity contribution >= 4 is 21.8 Å². The first-order valence-corrected chi connectivity index (χ1v) is 7.61. The van der Waals surface area contributed by atoms with Gasteiger partial charge in [0, 0.05) is 23.1 Å². The van der Waals surface area contributed by atoms with Crippen LogP contribution in [0.5, 0.6) is 5.75 Å². The van der Waals surface area contributed by atoms with Gasteiger partial charge in [0.1, 0.15) is 5.75 Å². The van der Waals surface area contributed by atoms with Gasteiger partial charge in [-0.1, -0.05) is 28.1 Å². The number of amides is 1. The van der Waals surface area contributed by atoms with Gasteiger partial charge < -0.3 is 9.64 Å². The molecule has 0 unspecified atom stereocenters. The molecule has 3 nitrogen and oxygen atoms in total. The Morgan fingerprint density at radius 3 is 2.24 bits per heavy atom. The summed E-state index contributed by atoms with van der Waals surface area (Å²) in [6.07, 6.45) is 0. The predicted octanol–water partition coefficient (Wildman–Crippen LogP) is 4.12. The zero-order chi connectivity index (χ0) is 15.2. The molecule has 0 heterocycles. The molecule has 0 spiro atoms. The van der Waals surface area contributed by atoms with E-state index in [2.05, 4.69) is 15.9 Å². The molecule has 0 N–H and O–H groups in total. The normalized spacial score (nSPS) is 10.2. The summed E-state index contributed by atoms with van der Waals surface area (Å²) in [6.45, 7) is 3.25. The number of nitrogens with zero attached hydrogens (tertiary/aromatic N) is 1. The zero-order valence-electron chi connectivity index (χ0n) is 12.2. The van der Waals surface area contributed by atoms with Crippen LogP contribution in [-0.4, -0.2) is 24.5 Å². The molecule has 1 amide bonds. The number of ether oxygens (including phenoxy) is 1. The van der Waals surface area contributed by atoms with Crippen LogP contribution >= 0.6 is 15.9 Å². The van der Waals surface area contributed by atoms with Crippen LogP contribution in [0, 0.1) is 0 Å². The monoisotopic (exact) mass is 347 g/mol. The molecule has 0 saturated heterocycles. The SMILES string of the molecule is CCN(Cc1ccc(OC)cc1)C(=O)c1ccc(Br)cc1. The Hall–Kier alpha value is -1.81. The maximum absolute atomic E-state index is 12.5. The molecule has 2 aromatic carbocycles. The van der Waals surface area contributed by atoms with E-state index in [1.54, 1.807) is 7.11 Å². The molecule has 0 aliphatic rings. The number of hydrogen-bond donors (Lipinski definition) is 0. The van der Waals surface area contributed by atoms with Crippen LogP contribution in [0.25, 0.3) is 0 Å². The average Bonchev–Trinajstić information content (AvgIpc) is 2.53. The van der Waals surface area contributed by atoms with Crippen molar-refractivity contribution in [3.8, 4) is 5.75 Å². The number of hydrogen-bond acceptors (Lipinski definition) is 2. The first-order valence-electron chi connectivity index (χ1n) is 6.81. The summed E-state index contributed by atoms with van der Waals surface area (Å²) in [7, 11) is 1.64. The standard InChI is InChI=1S/C17H18BrNO2/c1-3-19(12-13-4-10-16(21-2)11-5-13)17(20)14-6-8-15(18)9-7-14/h4-11H,3,12H2,1-2H3. The maximum atomic E-state index is 12.5. The van der Waals surface area contributed by atoms with Gasteiger partial charge in [-0.3, -0.25) is 4.79 Å². The lowest BCUT2D eigenvalue weighted by Crippen LogP contribution is -2.30. The van der Waals surface area contributed by atoms with E-state index >= 15 is 0 Å². The minimum absolute atomic E-state index is 0.0424. The highest BCUT2D eigenvalue weighted by molar-refractivity contribution is 9.10. The van der Waals surface area contributed by atoms with E-state index in [1.807, 2.05) is 60.4 Å². The van der Waals surface area contributed by atoms with Gasteiger partial charge in [-0.05, 0) is 48.9 Å². The number of rotatable bonds is 5. The van der Waals surface area contributed by atoms with Crippen LogP contribution in [0.2, 0.25) is 0 Å². The van der Waals surface area contributed by atoms with Crippen LogP contribution in [0.1, 0.15) is 22.8 Å². The summed E-state index contributed by atoms with van der Waals surface area (Å²) in [4.78, 5) is 14.3. The van der Waals surface area contributed by atoms with Gasteiger partial charge in [0.25, 0.3) is 5.91 Å². The molecule has 0 aliphatic heterocycles. The third kappa shape index (κ3) is 4.08. The van der Waals surface area contributed by atoms with E-state index in [4.69, 9.17) is 4.74 Å². The number of halogens is 1. The van der Waals surface area contributed by atoms with E-state index in [0.717, 1.165) is 15.8 Å². The Bertz CT molecular complexity index is 593. The molecule has 110 valence electrons. The fourth-order valence-electron chi connectivity index (χ4n) is 2.05. The molecule has 0 radical (unpaired) electrons. The molecule has 0 aliphatic carbocycles. The van der Waals surface area contributed by atoms with E-state index in [9.17, 15) is 4.79 Å². The molecular weight excluding hydrogens is 330 g/mol. The van der Waals surface area contributed by atoms with Gasteiger partial charge >= 0.3 is 0 Å². The number of methoxy groups -OCH3 is 1. The lowest BCUT2D eigenvalue weighted by Gasteiger charge is -2.21. The average molecular weight is 348 g/mol. The van der Waals surface area contributed by atoms with Crippen LogP contribution in [0.15, 0.2) is 53.0 Å². The fraction of sp³-hybridized carbons (Fsp3) is 0.235. The summed E-state index contributed by atoms with van der Waals surface area (Å²) in [5.74, 6) is 0.863. The van der Waals surface area contributed by atoms with Gasteiger partial charge in [0.05, 0.1) is 7.11 Å². The second kappa shape index (κ2) is 7.27. The molecule has 21 heavy (non-hydrogen) atoms. The van der Waals surface area contributed by atoms with Gasteiger partial charge in [-0.2, -0.15) is 0 Å². The molecular formula is C17H18BrNO2. The molecule has 2 aromatic rings. The summed E-state index contributed by atoms with van der Waals surface area (Å²) < 4.78 is 6.11. The number of carbonyl (C=O) groups excluding carboxylic acids is 1. The first kappa shape index (κ1) is 15.6. The Balaban J connectivity index is 2.11. The van der Waals surface area contributed by atoms with E-state index < -0.39 is 0 Å². The minimum Gasteiger partial charge on any atom is -0.497 e. The molecule has 2 rings (SSSR count). The van der Waals surface area contributed by atoms with Crippen LogP contribution in [-0.2, 0) is 6.54 Å². The Morgan fingerprint density at radius 1 is 1.10 bits per heavy atom. The highest BCUT2D eigenvalue weighted by atomic mass is 79.9. The quantitative estimate of drug-likeness (QED) is 0.814. The van der Waals surface area contributed by atoms with Crippen molar-refractivity contribution in [3.05, 3.63) is 64.1 Å². The van der Waals surface area contributed by atoms with Crippen molar-refractivity contribution in [3.63, 3.8) is 0 Å². The number of benzene rings is 2. The van der Waals surface area contributed by atoms with Crippen molar-refractivity contribution in [1.29, 1.82) is 0 Å². The van der Waals surface area contributed by atoms with Crippen molar-refractivity contribution in [2.24, 2.45) is 0 Å². The lowest BCUT2D eigenvalue weighted by molar-refractivity contribution is 0.0752. The minimum atomic E-state index is 0.0424. The molecule has 0 saturated carbocycles. The molecule has 0 bridgehead atoms. The zero-order valence-corrected chi connectivity index (χ0v) is 13.8. The lowest BCUT2D eigenvalue weighted by atomic mass is 10.1. The predicted molar refractivity (Wildman–Crippen MR) is 87.6 cm³/mol. The molecule has 0 fully saturated rings. The van der Waals surface area contributed by atoms with Crippen molar-refractivity contribution in [1.82, 2.24) is 4.90 Å². The third-order valence-electron chi connectivity index (χ3n) is 3.29. The third-order valence-corrected chi connectivity index (χ3v) is 3.82. The van der Waals surface area contributed by atoms with Gasteiger partial charge in [-0.25, -0.2) is 0 Å². The Kier molecular flexibility index (Phi) is 5.39. The van der Waals surface area contributed by atoms with E-state index in [0.29, 0.717) is 18.7 Å². The summed E-state index contributed by atoms with van der Waals surface area (Å²) in [6, 6.07) is 15.2. The van der Waals surface area contributed by atoms with Crippen molar-refractivity contribution < 1.29 is 9.53 Å². The topological polar surface area (TPSA) is 29.5 Å². The van der Waals surface area contributed by atoms with E-state index in [1.165, 1.54) is 0 Å². The van der Waals surface area contributed by atoms with Gasteiger partial charge in [-0.15, -0.1) is 0 Å². The molecule has 0 aromatic heterocycles. The first-order chi connectivity index (χ1) is 10.1. The Labute approximate surface area is 133 Å². The highest BCUT2D eigenvalue weighted by Gasteiger charge is 2.14. The van der Waals surface area contributed by atoms with Gasteiger partial charge in [0.2, 0.25) is 0 Å². The molecule has 4 heteroatoms. The highest BCUT2D eigenvalue weighted by Crippen LogP contribution is 2.16. The van der Waals surface area contributed by atoms with Crippen molar-refractivity contribution in [2.45, 2.75) is 13.5 Å². The largest absolute Gasteiger partial charge is 0.497 e. The fourth-order valence-corrected chi connectivity index (χ4v) is 2.32. The number of carbonyl (C=O) groups is 1. The molecule has 0 atom stereocenters. The van der Waals surface area contributed by atoms with Crippen LogP contribution in [0.4, 0.5) is 0 Å². The summed E-state index contributed by atoms with van der Waals surface area (Å²) >= 11 is 3.38. The smallest absolute Gasteiger partial charge is 0.254 e. The van der Waals surface area contributed by atoms with Gasteiger partial charge in [0.15, 0.2) is 0 Å².